The van der Waals surface area contributed by atoms with Crippen molar-refractivity contribution in [3.8, 4) is 0 Å². The van der Waals surface area contributed by atoms with Crippen molar-refractivity contribution in [2.24, 2.45) is 0 Å². The Labute approximate surface area is 232 Å². The number of aryl methyl sites for hydroxylation is 2. The highest BCUT2D eigenvalue weighted by molar-refractivity contribution is 5.83. The fourth-order valence-corrected chi connectivity index (χ4v) is 5.82. The van der Waals surface area contributed by atoms with Gasteiger partial charge in [0.2, 0.25) is 0 Å². The van der Waals surface area contributed by atoms with Crippen molar-refractivity contribution in [3.05, 3.63) is 47.5 Å². The van der Waals surface area contributed by atoms with E-state index in [1.54, 1.807) is 0 Å². The average molecular weight is 507 g/mol. The van der Waals surface area contributed by atoms with Gasteiger partial charge in [0, 0.05) is 0 Å². The Morgan fingerprint density at radius 1 is 0.324 bits per heavy atom. The van der Waals surface area contributed by atoms with Crippen molar-refractivity contribution < 1.29 is 0 Å². The fraction of sp³-hybridized carbons (Fsp3) is 0.730. The largest absolute Gasteiger partial charge is 0.0654 e. The van der Waals surface area contributed by atoms with E-state index in [-0.39, 0.29) is 0 Å². The second kappa shape index (κ2) is 22.7. The molecule has 2 rings (SSSR count). The van der Waals surface area contributed by atoms with Crippen molar-refractivity contribution in [2.45, 2.75) is 174 Å². The lowest BCUT2D eigenvalue weighted by atomic mass is 9.98. The highest BCUT2D eigenvalue weighted by Gasteiger charge is 2.01. The van der Waals surface area contributed by atoms with Crippen molar-refractivity contribution in [2.75, 3.05) is 0 Å². The molecule has 0 aromatic heterocycles. The van der Waals surface area contributed by atoms with Gasteiger partial charge in [-0.1, -0.05) is 185 Å². The van der Waals surface area contributed by atoms with Crippen LogP contribution in [0.25, 0.3) is 10.8 Å². The molecule has 0 heterocycles. The van der Waals surface area contributed by atoms with Crippen molar-refractivity contribution in [1.82, 2.24) is 0 Å². The lowest BCUT2D eigenvalue weighted by Crippen LogP contribution is -1.89. The molecule has 0 bridgehead atoms. The van der Waals surface area contributed by atoms with Gasteiger partial charge < -0.3 is 0 Å². The summed E-state index contributed by atoms with van der Waals surface area (Å²) in [5.74, 6) is 0. The zero-order chi connectivity index (χ0) is 26.2. The Hall–Kier alpha value is -1.30. The molecule has 210 valence electrons. The van der Waals surface area contributed by atoms with E-state index in [0.29, 0.717) is 0 Å². The van der Waals surface area contributed by atoms with Crippen LogP contribution in [0, 0.1) is 0 Å². The molecule has 0 amide bonds. The number of unbranched alkanes of at least 4 members (excludes halogenated alkanes) is 21. The molecule has 0 aliphatic carbocycles. The standard InChI is InChI=1S/C37H62/c1-3-5-7-9-11-12-13-14-15-16-17-18-19-21-23-25-27-35-29-31-36-30-28-34(32-37(36)33-35)26-24-22-20-10-8-6-4-2/h28-33H,3-27H2,1-2H3. The molecular formula is C37H62. The fourth-order valence-electron chi connectivity index (χ4n) is 5.82. The zero-order valence-electron chi connectivity index (χ0n) is 25.1. The maximum atomic E-state index is 2.47. The van der Waals surface area contributed by atoms with Gasteiger partial charge in [-0.25, -0.2) is 0 Å². The molecule has 0 radical (unpaired) electrons. The smallest absolute Gasteiger partial charge is 0.0179 e. The first kappa shape index (κ1) is 31.9. The summed E-state index contributed by atoms with van der Waals surface area (Å²) in [5.41, 5.74) is 3.06. The van der Waals surface area contributed by atoms with E-state index in [0.717, 1.165) is 0 Å². The molecule has 0 N–H and O–H groups in total. The first-order chi connectivity index (χ1) is 18.3. The van der Waals surface area contributed by atoms with Crippen LogP contribution in [0.2, 0.25) is 0 Å². The monoisotopic (exact) mass is 506 g/mol. The molecule has 0 spiro atoms. The summed E-state index contributed by atoms with van der Waals surface area (Å²) in [7, 11) is 0. The van der Waals surface area contributed by atoms with Crippen LogP contribution in [0.15, 0.2) is 36.4 Å². The summed E-state index contributed by atoms with van der Waals surface area (Å²) < 4.78 is 0. The minimum atomic E-state index is 1.24. The molecule has 0 aliphatic rings. The van der Waals surface area contributed by atoms with Gasteiger partial charge in [0.1, 0.15) is 0 Å². The van der Waals surface area contributed by atoms with Crippen molar-refractivity contribution in [3.63, 3.8) is 0 Å². The van der Waals surface area contributed by atoms with Crippen LogP contribution in [-0.2, 0) is 12.8 Å². The Morgan fingerprint density at radius 3 is 0.946 bits per heavy atom. The number of hydrogen-bond donors (Lipinski definition) is 0. The summed E-state index contributed by atoms with van der Waals surface area (Å²) >= 11 is 0. The second-order valence-corrected chi connectivity index (χ2v) is 11.9. The molecule has 0 nitrogen and oxygen atoms in total. The number of hydrogen-bond acceptors (Lipinski definition) is 0. The lowest BCUT2D eigenvalue weighted by Gasteiger charge is -2.07. The van der Waals surface area contributed by atoms with Crippen LogP contribution in [0.1, 0.15) is 173 Å². The van der Waals surface area contributed by atoms with Gasteiger partial charge in [-0.3, -0.25) is 0 Å². The van der Waals surface area contributed by atoms with Gasteiger partial charge in [0.25, 0.3) is 0 Å². The van der Waals surface area contributed by atoms with Crippen LogP contribution < -0.4 is 0 Å². The maximum absolute atomic E-state index is 2.47. The number of fused-ring (bicyclic) bond motifs is 1. The Kier molecular flexibility index (Phi) is 19.5. The van der Waals surface area contributed by atoms with Crippen LogP contribution in [-0.4, -0.2) is 0 Å². The Morgan fingerprint density at radius 2 is 0.622 bits per heavy atom. The molecule has 0 unspecified atom stereocenters. The van der Waals surface area contributed by atoms with E-state index >= 15 is 0 Å². The predicted molar refractivity (Wildman–Crippen MR) is 169 cm³/mol. The van der Waals surface area contributed by atoms with Gasteiger partial charge in [-0.05, 0) is 47.6 Å². The van der Waals surface area contributed by atoms with E-state index < -0.39 is 0 Å². The third kappa shape index (κ3) is 16.3. The third-order valence-corrected chi connectivity index (χ3v) is 8.36. The molecule has 0 aliphatic heterocycles. The molecule has 0 fully saturated rings. The maximum Gasteiger partial charge on any atom is -0.0179 e. The SMILES string of the molecule is CCCCCCCCCCCCCCCCCCc1ccc2ccc(CCCCCCCCC)cc2c1. The molecular weight excluding hydrogens is 444 g/mol. The molecule has 2 aromatic carbocycles. The minimum Gasteiger partial charge on any atom is -0.0654 e. The Bertz CT molecular complexity index is 773. The summed E-state index contributed by atoms with van der Waals surface area (Å²) in [6, 6.07) is 14.3. The first-order valence-corrected chi connectivity index (χ1v) is 16.8. The Balaban J connectivity index is 1.48. The van der Waals surface area contributed by atoms with Crippen molar-refractivity contribution >= 4 is 10.8 Å². The van der Waals surface area contributed by atoms with Crippen LogP contribution >= 0.6 is 0 Å². The summed E-state index contributed by atoms with van der Waals surface area (Å²) in [5, 5.41) is 2.86. The van der Waals surface area contributed by atoms with E-state index in [1.165, 1.54) is 182 Å². The normalized spacial score (nSPS) is 11.5. The number of rotatable bonds is 25. The first-order valence-electron chi connectivity index (χ1n) is 16.8. The molecule has 0 heteroatoms. The van der Waals surface area contributed by atoms with Crippen molar-refractivity contribution in [1.29, 1.82) is 0 Å². The highest BCUT2D eigenvalue weighted by atomic mass is 14.1. The summed E-state index contributed by atoms with van der Waals surface area (Å²) in [6.07, 6.45) is 35.3. The minimum absolute atomic E-state index is 1.24. The summed E-state index contributed by atoms with van der Waals surface area (Å²) in [4.78, 5) is 0. The van der Waals surface area contributed by atoms with E-state index in [1.807, 2.05) is 0 Å². The van der Waals surface area contributed by atoms with Crippen LogP contribution in [0.4, 0.5) is 0 Å². The molecule has 0 atom stereocenters. The molecule has 0 saturated carbocycles. The lowest BCUT2D eigenvalue weighted by molar-refractivity contribution is 0.529. The van der Waals surface area contributed by atoms with Gasteiger partial charge in [0.15, 0.2) is 0 Å². The van der Waals surface area contributed by atoms with E-state index in [2.05, 4.69) is 50.2 Å². The average Bonchev–Trinajstić information content (AvgIpc) is 2.92. The van der Waals surface area contributed by atoms with E-state index in [4.69, 9.17) is 0 Å². The second-order valence-electron chi connectivity index (χ2n) is 11.9. The molecule has 0 saturated heterocycles. The van der Waals surface area contributed by atoms with Gasteiger partial charge in [-0.2, -0.15) is 0 Å². The highest BCUT2D eigenvalue weighted by Crippen LogP contribution is 2.21. The van der Waals surface area contributed by atoms with Gasteiger partial charge >= 0.3 is 0 Å². The van der Waals surface area contributed by atoms with Gasteiger partial charge in [0.05, 0.1) is 0 Å². The van der Waals surface area contributed by atoms with Crippen LogP contribution in [0.3, 0.4) is 0 Å². The predicted octanol–water partition coefficient (Wildman–Crippen LogP) is 12.9. The molecule has 2 aromatic rings. The summed E-state index contributed by atoms with van der Waals surface area (Å²) in [6.45, 7) is 4.60. The quantitative estimate of drug-likeness (QED) is 0.117. The molecule has 37 heavy (non-hydrogen) atoms. The van der Waals surface area contributed by atoms with Gasteiger partial charge in [-0.15, -0.1) is 0 Å². The van der Waals surface area contributed by atoms with E-state index in [9.17, 15) is 0 Å². The third-order valence-electron chi connectivity index (χ3n) is 8.36. The number of benzene rings is 2. The zero-order valence-corrected chi connectivity index (χ0v) is 25.1. The topological polar surface area (TPSA) is 0 Å². The van der Waals surface area contributed by atoms with Crippen LogP contribution in [0.5, 0.6) is 0 Å².